The Bertz CT molecular complexity index is 1090. The number of carbonyl (C=O) groups is 2. The predicted octanol–water partition coefficient (Wildman–Crippen LogP) is 4.36. The molecular formula is C21H17ClFN3O2S. The molecule has 1 aliphatic rings. The molecule has 3 aromatic rings. The lowest BCUT2D eigenvalue weighted by Crippen LogP contribution is -2.34. The van der Waals surface area contributed by atoms with Crippen molar-refractivity contribution in [2.75, 3.05) is 0 Å². The lowest BCUT2D eigenvalue weighted by Gasteiger charge is -2.30. The van der Waals surface area contributed by atoms with Crippen LogP contribution in [0, 0.1) is 5.82 Å². The molecule has 2 N–H and O–H groups in total. The summed E-state index contributed by atoms with van der Waals surface area (Å²) in [6.07, 6.45) is 2.63. The lowest BCUT2D eigenvalue weighted by molar-refractivity contribution is 0.0661. The number of nitrogens with zero attached hydrogens (tertiary/aromatic N) is 2. The summed E-state index contributed by atoms with van der Waals surface area (Å²) in [5, 5.41) is 0.288. The van der Waals surface area contributed by atoms with E-state index in [4.69, 9.17) is 17.3 Å². The number of aromatic nitrogens is 1. The Morgan fingerprint density at radius 3 is 2.79 bits per heavy atom. The third-order valence-corrected chi connectivity index (χ3v) is 6.08. The second-order valence-corrected chi connectivity index (χ2v) is 8.11. The largest absolute Gasteiger partial charge is 0.366 e. The van der Waals surface area contributed by atoms with Gasteiger partial charge in [0.25, 0.3) is 5.91 Å². The number of amides is 2. The van der Waals surface area contributed by atoms with Crippen LogP contribution in [0.1, 0.15) is 49.2 Å². The molecule has 29 heavy (non-hydrogen) atoms. The number of carbonyl (C=O) groups excluding carboxylic acids is 2. The van der Waals surface area contributed by atoms with Crippen molar-refractivity contribution in [1.29, 1.82) is 0 Å². The first-order valence-electron chi connectivity index (χ1n) is 9.03. The van der Waals surface area contributed by atoms with E-state index in [-0.39, 0.29) is 29.3 Å². The fourth-order valence-electron chi connectivity index (χ4n) is 3.82. The predicted molar refractivity (Wildman–Crippen MR) is 109 cm³/mol. The number of fused-ring (bicyclic) bond motifs is 1. The van der Waals surface area contributed by atoms with Crippen LogP contribution in [0.15, 0.2) is 48.7 Å². The van der Waals surface area contributed by atoms with Crippen LogP contribution in [0.25, 0.3) is 0 Å². The Kier molecular flexibility index (Phi) is 5.34. The molecule has 0 fully saturated rings. The maximum absolute atomic E-state index is 14.4. The minimum absolute atomic E-state index is 0.161. The summed E-state index contributed by atoms with van der Waals surface area (Å²) < 4.78 is 18.4. The smallest absolute Gasteiger partial charge is 0.266 e. The van der Waals surface area contributed by atoms with Crippen molar-refractivity contribution >= 4 is 34.9 Å². The molecule has 1 atom stereocenters. The van der Waals surface area contributed by atoms with Gasteiger partial charge in [-0.2, -0.15) is 0 Å². The highest BCUT2D eigenvalue weighted by molar-refractivity contribution is 7.08. The molecule has 0 radical (unpaired) electrons. The normalized spacial score (nSPS) is 15.2. The highest BCUT2D eigenvalue weighted by Crippen LogP contribution is 2.40. The molecule has 0 unspecified atom stereocenters. The van der Waals surface area contributed by atoms with E-state index < -0.39 is 5.91 Å². The van der Waals surface area contributed by atoms with Gasteiger partial charge in [-0.3, -0.25) is 9.59 Å². The number of hydrogen-bond donors (Lipinski definition) is 1. The standard InChI is InChI=1S/C21H17ClFN3O2S/c22-13-9-16-15(17(23)10-13)5-6-18(16)26(21(28)19-7-8-25-29-19)11-12-3-1-2-4-14(12)20(24)27/h1-4,7-10,18H,5-6,11H2,(H2,24,27)/t18-/m1/s1. The molecule has 1 heterocycles. The van der Waals surface area contributed by atoms with E-state index in [0.29, 0.717) is 40.0 Å². The number of halogens is 2. The van der Waals surface area contributed by atoms with E-state index in [1.165, 1.54) is 6.07 Å². The van der Waals surface area contributed by atoms with Gasteiger partial charge in [-0.1, -0.05) is 29.8 Å². The van der Waals surface area contributed by atoms with Gasteiger partial charge in [0.15, 0.2) is 0 Å². The summed E-state index contributed by atoms with van der Waals surface area (Å²) in [6, 6.07) is 11.2. The third-order valence-electron chi connectivity index (χ3n) is 5.13. The van der Waals surface area contributed by atoms with Crippen LogP contribution in [0.5, 0.6) is 0 Å². The summed E-state index contributed by atoms with van der Waals surface area (Å²) in [7, 11) is 0. The van der Waals surface area contributed by atoms with Crippen LogP contribution in [0.3, 0.4) is 0 Å². The molecule has 5 nitrogen and oxygen atoms in total. The van der Waals surface area contributed by atoms with Gasteiger partial charge in [0.1, 0.15) is 10.7 Å². The summed E-state index contributed by atoms with van der Waals surface area (Å²) in [4.78, 5) is 27.3. The molecule has 1 aliphatic carbocycles. The monoisotopic (exact) mass is 429 g/mol. The van der Waals surface area contributed by atoms with Gasteiger partial charge in [0, 0.05) is 23.3 Å². The Labute approximate surface area is 176 Å². The first-order valence-corrected chi connectivity index (χ1v) is 10.2. The Balaban J connectivity index is 1.78. The fourth-order valence-corrected chi connectivity index (χ4v) is 4.58. The molecular weight excluding hydrogens is 413 g/mol. The molecule has 4 rings (SSSR count). The van der Waals surface area contributed by atoms with E-state index in [1.807, 2.05) is 0 Å². The van der Waals surface area contributed by atoms with Gasteiger partial charge in [-0.15, -0.1) is 0 Å². The van der Waals surface area contributed by atoms with Crippen LogP contribution < -0.4 is 5.73 Å². The van der Waals surface area contributed by atoms with E-state index in [1.54, 1.807) is 47.5 Å². The van der Waals surface area contributed by atoms with Crippen molar-refractivity contribution in [2.24, 2.45) is 5.73 Å². The second-order valence-electron chi connectivity index (χ2n) is 6.84. The van der Waals surface area contributed by atoms with Crippen molar-refractivity contribution in [3.8, 4) is 0 Å². The van der Waals surface area contributed by atoms with Crippen molar-refractivity contribution < 1.29 is 14.0 Å². The van der Waals surface area contributed by atoms with Gasteiger partial charge in [0.05, 0.1) is 6.04 Å². The first kappa shape index (κ1) is 19.5. The second kappa shape index (κ2) is 7.93. The first-order chi connectivity index (χ1) is 14.0. The molecule has 0 saturated carbocycles. The molecule has 0 spiro atoms. The van der Waals surface area contributed by atoms with Crippen LogP contribution in [0.4, 0.5) is 4.39 Å². The SMILES string of the molecule is NC(=O)c1ccccc1CN(C(=O)c1ccns1)[C@@H]1CCc2c(F)cc(Cl)cc21. The van der Waals surface area contributed by atoms with Crippen LogP contribution >= 0.6 is 23.1 Å². The molecule has 2 aromatic carbocycles. The maximum atomic E-state index is 14.4. The highest BCUT2D eigenvalue weighted by atomic mass is 35.5. The average molecular weight is 430 g/mol. The molecule has 1 aromatic heterocycles. The van der Waals surface area contributed by atoms with E-state index in [2.05, 4.69) is 4.37 Å². The minimum Gasteiger partial charge on any atom is -0.366 e. The molecule has 2 amide bonds. The van der Waals surface area contributed by atoms with Crippen LogP contribution in [-0.4, -0.2) is 21.1 Å². The van der Waals surface area contributed by atoms with Crippen molar-refractivity contribution in [2.45, 2.75) is 25.4 Å². The zero-order valence-electron chi connectivity index (χ0n) is 15.3. The summed E-state index contributed by atoms with van der Waals surface area (Å²) in [5.74, 6) is -1.16. The molecule has 8 heteroatoms. The maximum Gasteiger partial charge on any atom is 0.266 e. The number of primary amides is 1. The van der Waals surface area contributed by atoms with Crippen molar-refractivity contribution in [1.82, 2.24) is 9.27 Å². The van der Waals surface area contributed by atoms with E-state index in [9.17, 15) is 14.0 Å². The summed E-state index contributed by atoms with van der Waals surface area (Å²) in [5.41, 5.74) is 7.77. The molecule has 0 saturated heterocycles. The van der Waals surface area contributed by atoms with Crippen LogP contribution in [0.2, 0.25) is 5.02 Å². The van der Waals surface area contributed by atoms with Gasteiger partial charge >= 0.3 is 0 Å². The number of hydrogen-bond acceptors (Lipinski definition) is 4. The molecule has 0 aliphatic heterocycles. The Morgan fingerprint density at radius 2 is 2.07 bits per heavy atom. The van der Waals surface area contributed by atoms with Gasteiger partial charge in [0.2, 0.25) is 5.91 Å². The molecule has 148 valence electrons. The topological polar surface area (TPSA) is 76.3 Å². The Morgan fingerprint density at radius 1 is 1.28 bits per heavy atom. The van der Waals surface area contributed by atoms with Gasteiger partial charge in [-0.05, 0) is 65.3 Å². The zero-order valence-corrected chi connectivity index (χ0v) is 16.8. The average Bonchev–Trinajstić information content (AvgIpc) is 3.36. The quantitative estimate of drug-likeness (QED) is 0.654. The minimum atomic E-state index is -0.563. The van der Waals surface area contributed by atoms with Crippen LogP contribution in [-0.2, 0) is 13.0 Å². The highest BCUT2D eigenvalue weighted by Gasteiger charge is 2.34. The number of benzene rings is 2. The number of nitrogens with two attached hydrogens (primary N) is 1. The van der Waals surface area contributed by atoms with E-state index >= 15 is 0 Å². The Hall–Kier alpha value is -2.77. The zero-order chi connectivity index (χ0) is 20.5. The van der Waals surface area contributed by atoms with Crippen molar-refractivity contribution in [3.05, 3.63) is 86.6 Å². The van der Waals surface area contributed by atoms with E-state index in [0.717, 1.165) is 11.5 Å². The van der Waals surface area contributed by atoms with Gasteiger partial charge < -0.3 is 10.6 Å². The fraction of sp³-hybridized carbons (Fsp3) is 0.190. The lowest BCUT2D eigenvalue weighted by atomic mass is 10.0. The number of rotatable bonds is 5. The summed E-state index contributed by atoms with van der Waals surface area (Å²) in [6.45, 7) is 0.161. The van der Waals surface area contributed by atoms with Crippen molar-refractivity contribution in [3.63, 3.8) is 0 Å². The molecule has 0 bridgehead atoms. The summed E-state index contributed by atoms with van der Waals surface area (Å²) >= 11 is 7.19. The van der Waals surface area contributed by atoms with Gasteiger partial charge in [-0.25, -0.2) is 8.76 Å². The third kappa shape index (κ3) is 3.75.